The number of hydrogen-bond donors (Lipinski definition) is 1. The van der Waals surface area contributed by atoms with Gasteiger partial charge in [-0.05, 0) is 104 Å². The Morgan fingerprint density at radius 1 is 0.684 bits per heavy atom. The van der Waals surface area contributed by atoms with Crippen LogP contribution in [0.1, 0.15) is 65.5 Å². The van der Waals surface area contributed by atoms with Crippen LogP contribution in [0.5, 0.6) is 5.75 Å². The van der Waals surface area contributed by atoms with Crippen molar-refractivity contribution in [3.8, 4) is 5.75 Å². The third-order valence-corrected chi connectivity index (χ3v) is 9.61. The Morgan fingerprint density at radius 2 is 1.07 bits per heavy atom. The fraction of sp³-hybridized carbons (Fsp3) is 0.359. The van der Waals surface area contributed by atoms with Crippen molar-refractivity contribution in [2.45, 2.75) is 65.4 Å². The van der Waals surface area contributed by atoms with E-state index in [1.54, 1.807) is 12.8 Å². The van der Waals surface area contributed by atoms with Gasteiger partial charge >= 0.3 is 30.5 Å². The summed E-state index contributed by atoms with van der Waals surface area (Å²) in [6.07, 6.45) is 9.64. The molecule has 2 saturated carbocycles. The normalized spacial score (nSPS) is 17.6. The number of benzene rings is 2. The van der Waals surface area contributed by atoms with Crippen molar-refractivity contribution in [3.63, 3.8) is 0 Å². The summed E-state index contributed by atoms with van der Waals surface area (Å²) in [4.78, 5) is 2.16. The first-order valence-electron chi connectivity index (χ1n) is 16.8. The van der Waals surface area contributed by atoms with Crippen LogP contribution in [0.15, 0.2) is 54.6 Å². The summed E-state index contributed by atoms with van der Waals surface area (Å²) < 4.78 is 124. The standard InChI is InChI=1S/C27H31NO2.C10H15.2CHF3O3S.Rh/c1-4-26(21-9-6-5-7-10-21)27(22-11-15-24(29)16-12-22)23-13-17-25(18-14-23)30-20-8-19-28(2)3;1-6-7(2)9(4)10(5)8(6)3;2*2-1(3,4)8(5,6)7;/h5-7,9-18,29H,4,8,19-20H2,1-3H3;1-5H3;2*(H,5,6,7);/q;;;;+3/p-2/b27-26-;;;;. The third-order valence-electron chi connectivity index (χ3n) is 8.47. The van der Waals surface area contributed by atoms with Crippen molar-refractivity contribution in [1.82, 2.24) is 4.90 Å². The summed E-state index contributed by atoms with van der Waals surface area (Å²) in [5.41, 5.74) is -6.47. The summed E-state index contributed by atoms with van der Waals surface area (Å²) in [5, 5.41) is 9.76. The number of rotatable bonds is 9. The largest absolute Gasteiger partial charge is 3.00 e. The quantitative estimate of drug-likeness (QED) is 0.0652. The molecule has 4 rings (SSSR count). The van der Waals surface area contributed by atoms with E-state index in [9.17, 15) is 31.4 Å². The van der Waals surface area contributed by atoms with Crippen LogP contribution in [0, 0.1) is 67.3 Å². The number of allylic oxidation sites excluding steroid dienone is 2. The van der Waals surface area contributed by atoms with E-state index in [1.807, 2.05) is 31.0 Å². The van der Waals surface area contributed by atoms with Gasteiger partial charge in [-0.15, -0.1) is 0 Å². The molecule has 2 aromatic rings. The van der Waals surface area contributed by atoms with Crippen molar-refractivity contribution in [3.05, 3.63) is 133 Å². The minimum atomic E-state index is -6.09. The molecule has 0 heterocycles. The van der Waals surface area contributed by atoms with Gasteiger partial charge in [0, 0.05) is 25.3 Å². The minimum Gasteiger partial charge on any atom is -0.741 e. The van der Waals surface area contributed by atoms with Gasteiger partial charge < -0.3 is 23.8 Å². The Morgan fingerprint density at radius 3 is 1.40 bits per heavy atom. The molecule has 1 N–H and O–H groups in total. The van der Waals surface area contributed by atoms with Crippen molar-refractivity contribution < 1.29 is 81.6 Å². The Labute approximate surface area is 347 Å². The number of nitrogens with zero attached hydrogens (tertiary/aromatic N) is 1. The molecule has 317 valence electrons. The summed E-state index contributed by atoms with van der Waals surface area (Å²) in [7, 11) is -8.03. The molecule has 2 aliphatic rings. The van der Waals surface area contributed by atoms with E-state index in [0.29, 0.717) is 6.61 Å². The molecule has 0 unspecified atom stereocenters. The van der Waals surface area contributed by atoms with Crippen LogP contribution >= 0.6 is 0 Å². The molecule has 2 fully saturated rings. The first-order valence-corrected chi connectivity index (χ1v) is 19.6. The van der Waals surface area contributed by atoms with Gasteiger partial charge in [0.15, 0.2) is 20.2 Å². The van der Waals surface area contributed by atoms with Gasteiger partial charge in [0.25, 0.3) is 0 Å². The number of hydrogen-bond acceptors (Lipinski definition) is 9. The predicted molar refractivity (Wildman–Crippen MR) is 200 cm³/mol. The number of alkyl halides is 6. The molecule has 0 bridgehead atoms. The van der Waals surface area contributed by atoms with Crippen molar-refractivity contribution in [2.24, 2.45) is 0 Å². The van der Waals surface area contributed by atoms with Crippen molar-refractivity contribution in [1.29, 1.82) is 0 Å². The molecule has 0 saturated heterocycles. The zero-order valence-electron chi connectivity index (χ0n) is 32.5. The van der Waals surface area contributed by atoms with Gasteiger partial charge in [-0.25, -0.2) is 16.8 Å². The fourth-order valence-electron chi connectivity index (χ4n) is 5.00. The van der Waals surface area contributed by atoms with Crippen LogP contribution in [-0.4, -0.2) is 74.2 Å². The Bertz CT molecular complexity index is 1610. The average molecular weight is 938 g/mol. The molecule has 0 aromatic heterocycles. The summed E-state index contributed by atoms with van der Waals surface area (Å²) in [6, 6.07) is 18.8. The molecule has 57 heavy (non-hydrogen) atoms. The van der Waals surface area contributed by atoms with Gasteiger partial charge in [-0.1, -0.05) is 84.0 Å². The zero-order chi connectivity index (χ0) is 43.2. The molecule has 2 aliphatic carbocycles. The monoisotopic (exact) mass is 937 g/mol. The third kappa shape index (κ3) is 18.4. The van der Waals surface area contributed by atoms with Crippen LogP contribution in [0.25, 0.3) is 11.1 Å². The van der Waals surface area contributed by atoms with Gasteiger partial charge in [-0.2, -0.15) is 26.3 Å². The van der Waals surface area contributed by atoms with Crippen LogP contribution in [0.3, 0.4) is 0 Å². The molecule has 11 radical (unpaired) electrons. The van der Waals surface area contributed by atoms with Gasteiger partial charge in [0.1, 0.15) is 11.9 Å². The second kappa shape index (κ2) is 24.2. The number of halogens is 6. The number of aliphatic hydroxyl groups excluding tert-OH is 1. The fourth-order valence-corrected chi connectivity index (χ4v) is 5.00. The van der Waals surface area contributed by atoms with Crippen molar-refractivity contribution >= 4 is 31.4 Å². The van der Waals surface area contributed by atoms with E-state index in [2.05, 4.69) is 96.9 Å². The van der Waals surface area contributed by atoms with E-state index in [0.717, 1.165) is 36.6 Å². The molecule has 9 nitrogen and oxygen atoms in total. The Balaban J connectivity index is 0.000000943. The molecule has 0 atom stereocenters. The number of ether oxygens (including phenoxy) is 1. The summed E-state index contributed by atoms with van der Waals surface area (Å²) >= 11 is 0. The van der Waals surface area contributed by atoms with E-state index < -0.39 is 31.3 Å². The first-order chi connectivity index (χ1) is 25.6. The molecule has 18 heteroatoms. The predicted octanol–water partition coefficient (Wildman–Crippen LogP) is 8.72. The second-order valence-corrected chi connectivity index (χ2v) is 15.3. The van der Waals surface area contributed by atoms with Crippen LogP contribution in [-0.2, 0) is 39.7 Å². The Kier molecular flexibility index (Phi) is 23.4. The SMILES string of the molecule is CC/C(=C(\[C]1[CH][CH][C](O)[CH][CH]1)c1ccc(OCCCN(C)C)cc1)c1ccccc1.C[C]1[C](C)[C](C)[C](C)[C]1C.O=S(=O)([O-])C(F)(F)F.O=S(=O)([O-])C(F)(F)F.[Rh+3]. The van der Waals surface area contributed by atoms with E-state index >= 15 is 0 Å². The van der Waals surface area contributed by atoms with E-state index in [1.165, 1.54) is 46.3 Å². The topological polar surface area (TPSA) is 147 Å². The molecule has 0 amide bonds. The maximum Gasteiger partial charge on any atom is 3.00 e. The van der Waals surface area contributed by atoms with Crippen LogP contribution < -0.4 is 4.74 Å². The summed E-state index contributed by atoms with van der Waals surface area (Å²) in [6.45, 7) is 14.9. The first kappa shape index (κ1) is 54.9. The van der Waals surface area contributed by atoms with E-state index in [-0.39, 0.29) is 25.6 Å². The van der Waals surface area contributed by atoms with Crippen molar-refractivity contribution in [2.75, 3.05) is 27.2 Å². The maximum absolute atomic E-state index is 10.7. The second-order valence-electron chi connectivity index (χ2n) is 12.6. The zero-order valence-corrected chi connectivity index (χ0v) is 35.8. The smallest absolute Gasteiger partial charge is 0.741 e. The maximum atomic E-state index is 10.7. The van der Waals surface area contributed by atoms with Gasteiger partial charge in [0.05, 0.1) is 6.61 Å². The summed E-state index contributed by atoms with van der Waals surface area (Å²) in [5.74, 6) is 9.32. The molecule has 2 aromatic carbocycles. The minimum absolute atomic E-state index is 0. The molecule has 0 spiro atoms. The Hall–Kier alpha value is -2.08. The van der Waals surface area contributed by atoms with Gasteiger partial charge in [-0.3, -0.25) is 0 Å². The van der Waals surface area contributed by atoms with E-state index in [4.69, 9.17) is 30.7 Å². The van der Waals surface area contributed by atoms with Crippen LogP contribution in [0.2, 0.25) is 0 Å². The van der Waals surface area contributed by atoms with Crippen LogP contribution in [0.4, 0.5) is 26.3 Å². The molecule has 0 aliphatic heterocycles. The van der Waals surface area contributed by atoms with Gasteiger partial charge in [0.2, 0.25) is 0 Å². The number of aliphatic hydroxyl groups is 1. The molecular weight excluding hydrogens is 891 g/mol. The molecular formula is C39H46F6NO8RhS2+. The average Bonchev–Trinajstić information content (AvgIpc) is 3.26.